The van der Waals surface area contributed by atoms with E-state index in [0.29, 0.717) is 37.6 Å². The SMILES string of the molecule is Cc1ccccc1C(=O)OC(C)C(=O)Nc1ccc(S(=O)(=O)N2CCOCC2)cc1. The Morgan fingerprint density at radius 3 is 2.33 bits per heavy atom. The maximum absolute atomic E-state index is 12.6. The number of aryl methyl sites for hydroxylation is 1. The molecule has 0 saturated carbocycles. The summed E-state index contributed by atoms with van der Waals surface area (Å²) in [5.74, 6) is -1.09. The lowest BCUT2D eigenvalue weighted by Crippen LogP contribution is -2.40. The lowest BCUT2D eigenvalue weighted by Gasteiger charge is -2.26. The van der Waals surface area contributed by atoms with Crippen molar-refractivity contribution in [1.82, 2.24) is 4.31 Å². The van der Waals surface area contributed by atoms with Crippen LogP contribution in [-0.4, -0.2) is 57.0 Å². The summed E-state index contributed by atoms with van der Waals surface area (Å²) in [5, 5.41) is 2.63. The average molecular weight is 432 g/mol. The minimum absolute atomic E-state index is 0.140. The number of ether oxygens (including phenoxy) is 2. The molecule has 2 aromatic carbocycles. The molecule has 0 bridgehead atoms. The molecule has 30 heavy (non-hydrogen) atoms. The molecule has 1 aliphatic heterocycles. The van der Waals surface area contributed by atoms with Crippen molar-refractivity contribution in [2.45, 2.75) is 24.8 Å². The Labute approximate surface area is 175 Å². The largest absolute Gasteiger partial charge is 0.449 e. The zero-order chi connectivity index (χ0) is 21.7. The van der Waals surface area contributed by atoms with Crippen LogP contribution in [0.4, 0.5) is 5.69 Å². The molecule has 3 rings (SSSR count). The number of hydrogen-bond acceptors (Lipinski definition) is 6. The van der Waals surface area contributed by atoms with E-state index in [-0.39, 0.29) is 4.90 Å². The van der Waals surface area contributed by atoms with E-state index in [1.165, 1.54) is 35.5 Å². The summed E-state index contributed by atoms with van der Waals surface area (Å²) in [5.41, 5.74) is 1.56. The smallest absolute Gasteiger partial charge is 0.339 e. The first-order chi connectivity index (χ1) is 14.3. The molecular weight excluding hydrogens is 408 g/mol. The Morgan fingerprint density at radius 1 is 1.07 bits per heavy atom. The van der Waals surface area contributed by atoms with Gasteiger partial charge in [-0.15, -0.1) is 0 Å². The molecule has 1 aliphatic rings. The molecule has 1 unspecified atom stereocenters. The van der Waals surface area contributed by atoms with E-state index < -0.39 is 28.0 Å². The van der Waals surface area contributed by atoms with E-state index in [9.17, 15) is 18.0 Å². The number of amides is 1. The van der Waals surface area contributed by atoms with Gasteiger partial charge < -0.3 is 14.8 Å². The molecule has 0 aromatic heterocycles. The summed E-state index contributed by atoms with van der Waals surface area (Å²) in [6.07, 6.45) is -1.02. The summed E-state index contributed by atoms with van der Waals surface area (Å²) in [6, 6.07) is 12.8. The number of hydrogen-bond donors (Lipinski definition) is 1. The van der Waals surface area contributed by atoms with Gasteiger partial charge in [-0.3, -0.25) is 4.79 Å². The highest BCUT2D eigenvalue weighted by molar-refractivity contribution is 7.89. The quantitative estimate of drug-likeness (QED) is 0.702. The van der Waals surface area contributed by atoms with Gasteiger partial charge in [0.15, 0.2) is 6.10 Å². The topological polar surface area (TPSA) is 102 Å². The van der Waals surface area contributed by atoms with E-state index in [1.807, 2.05) is 6.07 Å². The Balaban J connectivity index is 1.61. The predicted octanol–water partition coefficient (Wildman–Crippen LogP) is 2.20. The summed E-state index contributed by atoms with van der Waals surface area (Å²) >= 11 is 0. The lowest BCUT2D eigenvalue weighted by molar-refractivity contribution is -0.123. The number of carbonyl (C=O) groups is 2. The molecule has 1 fully saturated rings. The van der Waals surface area contributed by atoms with E-state index >= 15 is 0 Å². The van der Waals surface area contributed by atoms with Crippen LogP contribution in [0.3, 0.4) is 0 Å². The third-order valence-electron chi connectivity index (χ3n) is 4.75. The van der Waals surface area contributed by atoms with Crippen LogP contribution >= 0.6 is 0 Å². The van der Waals surface area contributed by atoms with Crippen molar-refractivity contribution in [3.8, 4) is 0 Å². The highest BCUT2D eigenvalue weighted by Crippen LogP contribution is 2.20. The zero-order valence-electron chi connectivity index (χ0n) is 16.8. The molecule has 1 saturated heterocycles. The van der Waals surface area contributed by atoms with Crippen molar-refractivity contribution in [3.63, 3.8) is 0 Å². The second kappa shape index (κ2) is 9.38. The van der Waals surface area contributed by atoms with Crippen LogP contribution < -0.4 is 5.32 Å². The maximum Gasteiger partial charge on any atom is 0.339 e. The van der Waals surface area contributed by atoms with Crippen LogP contribution in [0.25, 0.3) is 0 Å². The van der Waals surface area contributed by atoms with Crippen LogP contribution in [-0.2, 0) is 24.3 Å². The molecule has 8 nitrogen and oxygen atoms in total. The van der Waals surface area contributed by atoms with Crippen molar-refractivity contribution >= 4 is 27.6 Å². The molecule has 0 spiro atoms. The van der Waals surface area contributed by atoms with E-state index in [0.717, 1.165) is 5.56 Å². The second-order valence-corrected chi connectivity index (χ2v) is 8.83. The zero-order valence-corrected chi connectivity index (χ0v) is 17.6. The molecule has 0 radical (unpaired) electrons. The Morgan fingerprint density at radius 2 is 1.70 bits per heavy atom. The van der Waals surface area contributed by atoms with Crippen molar-refractivity contribution in [2.75, 3.05) is 31.6 Å². The Bertz CT molecular complexity index is 1010. The molecular formula is C21H24N2O6S. The summed E-state index contributed by atoms with van der Waals surface area (Å²) in [7, 11) is -3.60. The number of carbonyl (C=O) groups excluding carboxylic acids is 2. The monoisotopic (exact) mass is 432 g/mol. The molecule has 9 heteroatoms. The Kier molecular flexibility index (Phi) is 6.86. The van der Waals surface area contributed by atoms with Crippen molar-refractivity contribution in [1.29, 1.82) is 0 Å². The van der Waals surface area contributed by atoms with Gasteiger partial charge >= 0.3 is 5.97 Å². The highest BCUT2D eigenvalue weighted by Gasteiger charge is 2.26. The first kappa shape index (κ1) is 21.9. The van der Waals surface area contributed by atoms with Gasteiger partial charge in [-0.05, 0) is 49.7 Å². The molecule has 1 N–H and O–H groups in total. The number of esters is 1. The van der Waals surface area contributed by atoms with Crippen LogP contribution in [0.1, 0.15) is 22.8 Å². The second-order valence-electron chi connectivity index (χ2n) is 6.89. The average Bonchev–Trinajstić information content (AvgIpc) is 2.75. The molecule has 2 aromatic rings. The lowest BCUT2D eigenvalue weighted by atomic mass is 10.1. The fourth-order valence-corrected chi connectivity index (χ4v) is 4.38. The van der Waals surface area contributed by atoms with E-state index in [4.69, 9.17) is 9.47 Å². The fraction of sp³-hybridized carbons (Fsp3) is 0.333. The molecule has 0 aliphatic carbocycles. The molecule has 1 heterocycles. The number of morpholine rings is 1. The van der Waals surface area contributed by atoms with Crippen LogP contribution in [0.2, 0.25) is 0 Å². The minimum Gasteiger partial charge on any atom is -0.449 e. The standard InChI is InChI=1S/C21H24N2O6S/c1-15-5-3-4-6-19(15)21(25)29-16(2)20(24)22-17-7-9-18(10-8-17)30(26,27)23-11-13-28-14-12-23/h3-10,16H,11-14H2,1-2H3,(H,22,24). The number of sulfonamides is 1. The van der Waals surface area contributed by atoms with Gasteiger partial charge in [-0.1, -0.05) is 18.2 Å². The number of nitrogens with zero attached hydrogens (tertiary/aromatic N) is 1. The van der Waals surface area contributed by atoms with Gasteiger partial charge in [-0.25, -0.2) is 13.2 Å². The van der Waals surface area contributed by atoms with Gasteiger partial charge in [0.25, 0.3) is 5.91 Å². The molecule has 160 valence electrons. The fourth-order valence-electron chi connectivity index (χ4n) is 2.97. The predicted molar refractivity (Wildman–Crippen MR) is 111 cm³/mol. The van der Waals surface area contributed by atoms with Crippen LogP contribution in [0.15, 0.2) is 53.4 Å². The summed E-state index contributed by atoms with van der Waals surface area (Å²) < 4.78 is 37.1. The van der Waals surface area contributed by atoms with E-state index in [1.54, 1.807) is 25.1 Å². The van der Waals surface area contributed by atoms with Crippen molar-refractivity contribution < 1.29 is 27.5 Å². The van der Waals surface area contributed by atoms with E-state index in [2.05, 4.69) is 5.32 Å². The normalized spacial score (nSPS) is 15.9. The highest BCUT2D eigenvalue weighted by atomic mass is 32.2. The Hall–Kier alpha value is -2.75. The van der Waals surface area contributed by atoms with Crippen molar-refractivity contribution in [3.05, 3.63) is 59.7 Å². The van der Waals surface area contributed by atoms with Gasteiger partial charge in [0.05, 0.1) is 23.7 Å². The number of nitrogens with one attached hydrogen (secondary N) is 1. The maximum atomic E-state index is 12.6. The van der Waals surface area contributed by atoms with Gasteiger partial charge in [0.1, 0.15) is 0 Å². The third-order valence-corrected chi connectivity index (χ3v) is 6.66. The van der Waals surface area contributed by atoms with Gasteiger partial charge in [0.2, 0.25) is 10.0 Å². The third kappa shape index (κ3) is 5.05. The molecule has 1 atom stereocenters. The van der Waals surface area contributed by atoms with Crippen LogP contribution in [0.5, 0.6) is 0 Å². The molecule has 1 amide bonds. The van der Waals surface area contributed by atoms with Gasteiger partial charge in [0, 0.05) is 18.8 Å². The number of anilines is 1. The summed E-state index contributed by atoms with van der Waals surface area (Å²) in [4.78, 5) is 24.8. The van der Waals surface area contributed by atoms with Crippen LogP contribution in [0, 0.1) is 6.92 Å². The minimum atomic E-state index is -3.60. The first-order valence-electron chi connectivity index (χ1n) is 9.54. The summed E-state index contributed by atoms with van der Waals surface area (Å²) in [6.45, 7) is 4.62. The number of benzene rings is 2. The first-order valence-corrected chi connectivity index (χ1v) is 11.0. The van der Waals surface area contributed by atoms with Crippen molar-refractivity contribution in [2.24, 2.45) is 0 Å². The van der Waals surface area contributed by atoms with Gasteiger partial charge in [-0.2, -0.15) is 4.31 Å². The number of rotatable bonds is 6.